The maximum atomic E-state index is 15.3. The first-order valence-corrected chi connectivity index (χ1v) is 16.2. The SMILES string of the molecule is CC.CC.CCN(CC)CCCNc1nc(NC=O)c(/C=C\c2c(F)cccc2F)c(-c2cc(C(=O)NC(C)(C)C)cc(F)c2C)n1. The Kier molecular flexibility index (Phi) is 17.4. The molecule has 2 amide bonds. The van der Waals surface area contributed by atoms with E-state index in [1.54, 1.807) is 20.8 Å². The molecule has 3 rings (SSSR count). The van der Waals surface area contributed by atoms with Gasteiger partial charge >= 0.3 is 0 Å². The van der Waals surface area contributed by atoms with Crippen LogP contribution in [0, 0.1) is 24.4 Å². The fourth-order valence-corrected chi connectivity index (χ4v) is 4.43. The van der Waals surface area contributed by atoms with Crippen LogP contribution in [0.3, 0.4) is 0 Å². The van der Waals surface area contributed by atoms with Crippen molar-refractivity contribution < 1.29 is 22.8 Å². The van der Waals surface area contributed by atoms with Crippen molar-refractivity contribution in [3.63, 3.8) is 0 Å². The number of halogens is 3. The number of hydrogen-bond donors (Lipinski definition) is 3. The number of amides is 2. The average molecular weight is 657 g/mol. The molecule has 3 aromatic rings. The van der Waals surface area contributed by atoms with Crippen LogP contribution in [0.4, 0.5) is 24.9 Å². The Morgan fingerprint density at radius 3 is 2.06 bits per heavy atom. The molecule has 0 saturated carbocycles. The smallest absolute Gasteiger partial charge is 0.251 e. The van der Waals surface area contributed by atoms with Crippen molar-refractivity contribution >= 4 is 36.2 Å². The molecule has 0 aliphatic rings. The zero-order valence-corrected chi connectivity index (χ0v) is 29.4. The third kappa shape index (κ3) is 12.1. The van der Waals surface area contributed by atoms with Gasteiger partial charge in [0.2, 0.25) is 12.4 Å². The van der Waals surface area contributed by atoms with Crippen molar-refractivity contribution in [3.05, 3.63) is 70.0 Å². The van der Waals surface area contributed by atoms with Crippen molar-refractivity contribution in [1.29, 1.82) is 0 Å². The number of carbonyl (C=O) groups is 2. The molecule has 0 saturated heterocycles. The summed E-state index contributed by atoms with van der Waals surface area (Å²) in [6, 6.07) is 6.12. The van der Waals surface area contributed by atoms with Gasteiger partial charge in [-0.05, 0) is 95.7 Å². The molecule has 0 spiro atoms. The largest absolute Gasteiger partial charge is 0.354 e. The predicted octanol–water partition coefficient (Wildman–Crippen LogP) is 8.33. The van der Waals surface area contributed by atoms with Crippen LogP contribution in [-0.2, 0) is 4.79 Å². The van der Waals surface area contributed by atoms with E-state index in [9.17, 15) is 18.4 Å². The molecular weight excluding hydrogens is 605 g/mol. The average Bonchev–Trinajstić information content (AvgIpc) is 3.04. The number of nitrogens with zero attached hydrogens (tertiary/aromatic N) is 3. The lowest BCUT2D eigenvalue weighted by Crippen LogP contribution is -2.40. The van der Waals surface area contributed by atoms with Crippen LogP contribution in [0.2, 0.25) is 0 Å². The highest BCUT2D eigenvalue weighted by molar-refractivity contribution is 5.97. The second-order valence-corrected chi connectivity index (χ2v) is 11.0. The lowest BCUT2D eigenvalue weighted by molar-refractivity contribution is -0.105. The second kappa shape index (κ2) is 20.1. The summed E-state index contributed by atoms with van der Waals surface area (Å²) in [7, 11) is 0. The predicted molar refractivity (Wildman–Crippen MR) is 188 cm³/mol. The summed E-state index contributed by atoms with van der Waals surface area (Å²) < 4.78 is 44.2. The maximum Gasteiger partial charge on any atom is 0.251 e. The number of benzene rings is 2. The maximum absolute atomic E-state index is 15.3. The summed E-state index contributed by atoms with van der Waals surface area (Å²) in [5, 5.41) is 8.51. The minimum Gasteiger partial charge on any atom is -0.354 e. The summed E-state index contributed by atoms with van der Waals surface area (Å²) >= 11 is 0. The van der Waals surface area contributed by atoms with Gasteiger partial charge in [0.25, 0.3) is 5.91 Å². The molecule has 0 radical (unpaired) electrons. The Labute approximate surface area is 278 Å². The van der Waals surface area contributed by atoms with Crippen molar-refractivity contribution in [1.82, 2.24) is 20.2 Å². The zero-order chi connectivity index (χ0) is 35.7. The number of carbonyl (C=O) groups excluding carboxylic acids is 2. The van der Waals surface area contributed by atoms with Crippen LogP contribution in [-0.4, -0.2) is 58.9 Å². The van der Waals surface area contributed by atoms with Gasteiger partial charge in [-0.25, -0.2) is 18.2 Å². The Morgan fingerprint density at radius 2 is 1.51 bits per heavy atom. The van der Waals surface area contributed by atoms with Crippen molar-refractivity contribution in [2.24, 2.45) is 0 Å². The van der Waals surface area contributed by atoms with Gasteiger partial charge in [-0.2, -0.15) is 4.98 Å². The molecule has 3 N–H and O–H groups in total. The highest BCUT2D eigenvalue weighted by Crippen LogP contribution is 2.34. The summed E-state index contributed by atoms with van der Waals surface area (Å²) in [5.74, 6) is -2.55. The van der Waals surface area contributed by atoms with E-state index in [-0.39, 0.29) is 45.3 Å². The van der Waals surface area contributed by atoms with Gasteiger partial charge in [0.05, 0.1) is 5.69 Å². The molecule has 8 nitrogen and oxygen atoms in total. The molecule has 0 bridgehead atoms. The third-order valence-electron chi connectivity index (χ3n) is 6.74. The molecule has 2 aromatic carbocycles. The summed E-state index contributed by atoms with van der Waals surface area (Å²) in [6.45, 7) is 22.3. The summed E-state index contributed by atoms with van der Waals surface area (Å²) in [6.07, 6.45) is 3.74. The van der Waals surface area contributed by atoms with Crippen LogP contribution < -0.4 is 16.0 Å². The van der Waals surface area contributed by atoms with E-state index in [2.05, 4.69) is 44.7 Å². The van der Waals surface area contributed by atoms with Gasteiger partial charge in [0, 0.05) is 34.3 Å². The Morgan fingerprint density at radius 1 is 0.915 bits per heavy atom. The first kappa shape index (κ1) is 40.8. The van der Waals surface area contributed by atoms with E-state index >= 15 is 4.39 Å². The monoisotopic (exact) mass is 656 g/mol. The fourth-order valence-electron chi connectivity index (χ4n) is 4.43. The molecule has 11 heteroatoms. The molecule has 1 heterocycles. The van der Waals surface area contributed by atoms with Crippen molar-refractivity contribution in [2.45, 2.75) is 81.2 Å². The van der Waals surface area contributed by atoms with Gasteiger partial charge in [-0.3, -0.25) is 9.59 Å². The molecule has 0 atom stereocenters. The van der Waals surface area contributed by atoms with Gasteiger partial charge in [-0.15, -0.1) is 0 Å². The van der Waals surface area contributed by atoms with Crippen LogP contribution in [0.1, 0.15) is 95.8 Å². The van der Waals surface area contributed by atoms with Crippen LogP contribution >= 0.6 is 0 Å². The van der Waals surface area contributed by atoms with Crippen molar-refractivity contribution in [3.8, 4) is 11.3 Å². The van der Waals surface area contributed by atoms with E-state index in [0.717, 1.165) is 44.3 Å². The van der Waals surface area contributed by atoms with Crippen molar-refractivity contribution in [2.75, 3.05) is 36.8 Å². The Hall–Kier alpha value is -4.25. The van der Waals surface area contributed by atoms with Gasteiger partial charge < -0.3 is 20.9 Å². The van der Waals surface area contributed by atoms with E-state index in [1.807, 2.05) is 27.7 Å². The molecule has 0 unspecified atom stereocenters. The number of hydrogen-bond acceptors (Lipinski definition) is 6. The lowest BCUT2D eigenvalue weighted by Gasteiger charge is -2.21. The molecule has 1 aromatic heterocycles. The normalized spacial score (nSPS) is 10.9. The number of aromatic nitrogens is 2. The quantitative estimate of drug-likeness (QED) is 0.126. The summed E-state index contributed by atoms with van der Waals surface area (Å²) in [5.41, 5.74) is -0.0861. The molecule has 0 aliphatic carbocycles. The third-order valence-corrected chi connectivity index (χ3v) is 6.74. The first-order chi connectivity index (χ1) is 22.4. The topological polar surface area (TPSA) is 99.2 Å². The Bertz CT molecular complexity index is 1460. The van der Waals surface area contributed by atoms with E-state index in [0.29, 0.717) is 13.0 Å². The standard InChI is InChI=1S/C32H39F3N6O2.2C2H6/c1-7-41(8-2)16-10-15-36-31-38-28(24-17-21(18-27(35)20(24)3)30(43)40-32(4,5)6)23(29(39-31)37-19-42)14-13-22-25(33)11-9-12-26(22)34;2*1-2/h9,11-14,17-19H,7-8,10,15-16H2,1-6H3,(H,40,43)(H2,36,37,38,39,42);2*1-2H3/b14-13-;;. The second-order valence-electron chi connectivity index (χ2n) is 11.0. The first-order valence-electron chi connectivity index (χ1n) is 16.2. The van der Waals surface area contributed by atoms with Crippen LogP contribution in [0.5, 0.6) is 0 Å². The van der Waals surface area contributed by atoms with Gasteiger partial charge in [0.15, 0.2) is 0 Å². The number of rotatable bonds is 13. The highest BCUT2D eigenvalue weighted by Gasteiger charge is 2.22. The zero-order valence-electron chi connectivity index (χ0n) is 29.4. The van der Waals surface area contributed by atoms with E-state index in [4.69, 9.17) is 0 Å². The van der Waals surface area contributed by atoms with Gasteiger partial charge in [-0.1, -0.05) is 47.6 Å². The molecule has 258 valence electrons. The highest BCUT2D eigenvalue weighted by atomic mass is 19.1. The Balaban J connectivity index is 0.00000265. The summed E-state index contributed by atoms with van der Waals surface area (Å²) in [4.78, 5) is 36.0. The van der Waals surface area contributed by atoms with E-state index in [1.165, 1.54) is 31.2 Å². The minimum atomic E-state index is -0.793. The number of anilines is 2. The van der Waals surface area contributed by atoms with Crippen LogP contribution in [0.15, 0.2) is 30.3 Å². The number of nitrogens with one attached hydrogen (secondary N) is 3. The molecule has 0 fully saturated rings. The lowest BCUT2D eigenvalue weighted by atomic mass is 9.96. The molecular formula is C36H51F3N6O2. The van der Waals surface area contributed by atoms with Gasteiger partial charge in [0.1, 0.15) is 23.3 Å². The minimum absolute atomic E-state index is 0.0311. The van der Waals surface area contributed by atoms with E-state index < -0.39 is 28.9 Å². The van der Waals surface area contributed by atoms with Crippen LogP contribution in [0.25, 0.3) is 23.4 Å². The molecule has 47 heavy (non-hydrogen) atoms. The fraction of sp³-hybridized carbons (Fsp3) is 0.444. The molecule has 0 aliphatic heterocycles.